The quantitative estimate of drug-likeness (QED) is 0.494. The molecule has 0 saturated carbocycles. The van der Waals surface area contributed by atoms with Crippen LogP contribution in [0, 0.1) is 5.82 Å². The molecule has 3 aromatic rings. The summed E-state index contributed by atoms with van der Waals surface area (Å²) in [5.41, 5.74) is 7.04. The zero-order valence-corrected chi connectivity index (χ0v) is 20.3. The van der Waals surface area contributed by atoms with Crippen molar-refractivity contribution in [1.82, 2.24) is 25.0 Å². The molecule has 1 saturated heterocycles. The maximum Gasteiger partial charge on any atom is 0.573 e. The number of aryl methyl sites for hydroxylation is 1. The molecule has 0 bridgehead atoms. The standard InChI is InChI=1S/C25H26F4N6O2/c1-23(2,16-3-5-17(26)6-4-16)32-22(36)34-9-7-24(14-34)8-10-35-20(24)12-18(33-35)15-11-19(21(30)31-13-15)37-25(27,28)29/h3-6,11-13H,7-10,14H2,1-2H3,(H2,30,31)(H,32,36)/t24-/m1/s1. The van der Waals surface area contributed by atoms with Crippen LogP contribution in [0.1, 0.15) is 37.9 Å². The predicted molar refractivity (Wildman–Crippen MR) is 127 cm³/mol. The topological polar surface area (TPSA) is 98.3 Å². The van der Waals surface area contributed by atoms with Crippen LogP contribution < -0.4 is 15.8 Å². The number of hydrogen-bond acceptors (Lipinski definition) is 5. The van der Waals surface area contributed by atoms with Crippen molar-refractivity contribution in [2.45, 2.75) is 50.6 Å². The molecule has 12 heteroatoms. The normalized spacial score (nSPS) is 19.4. The molecule has 2 aliphatic heterocycles. The Morgan fingerprint density at radius 2 is 1.84 bits per heavy atom. The molecule has 196 valence electrons. The summed E-state index contributed by atoms with van der Waals surface area (Å²) in [5.74, 6) is -1.30. The van der Waals surface area contributed by atoms with Gasteiger partial charge in [-0.05, 0) is 56.5 Å². The van der Waals surface area contributed by atoms with Gasteiger partial charge in [0.05, 0.1) is 11.2 Å². The number of rotatable bonds is 4. The summed E-state index contributed by atoms with van der Waals surface area (Å²) >= 11 is 0. The van der Waals surface area contributed by atoms with Gasteiger partial charge in [-0.3, -0.25) is 4.68 Å². The summed E-state index contributed by atoms with van der Waals surface area (Å²) in [6.45, 7) is 5.36. The van der Waals surface area contributed by atoms with E-state index in [1.807, 2.05) is 24.6 Å². The van der Waals surface area contributed by atoms with Gasteiger partial charge in [0.15, 0.2) is 11.6 Å². The highest BCUT2D eigenvalue weighted by molar-refractivity contribution is 5.76. The predicted octanol–water partition coefficient (Wildman–Crippen LogP) is 4.56. The molecule has 1 fully saturated rings. The number of halogens is 4. The van der Waals surface area contributed by atoms with Gasteiger partial charge in [-0.25, -0.2) is 14.2 Å². The van der Waals surface area contributed by atoms with Crippen LogP contribution in [0.3, 0.4) is 0 Å². The average molecular weight is 519 g/mol. The van der Waals surface area contributed by atoms with E-state index in [0.717, 1.165) is 24.1 Å². The van der Waals surface area contributed by atoms with Crippen molar-refractivity contribution >= 4 is 11.8 Å². The number of nitrogens with two attached hydrogens (primary N) is 1. The van der Waals surface area contributed by atoms with Crippen molar-refractivity contribution in [2.24, 2.45) is 0 Å². The molecule has 2 aromatic heterocycles. The molecule has 2 amide bonds. The number of likely N-dealkylation sites (tertiary alicyclic amines) is 1. The van der Waals surface area contributed by atoms with Gasteiger partial charge >= 0.3 is 12.4 Å². The molecule has 3 N–H and O–H groups in total. The second-order valence-electron chi connectivity index (χ2n) is 10.1. The number of carbonyl (C=O) groups is 1. The molecule has 0 aliphatic carbocycles. The summed E-state index contributed by atoms with van der Waals surface area (Å²) < 4.78 is 57.3. The molecule has 8 nitrogen and oxygen atoms in total. The number of fused-ring (bicyclic) bond motifs is 2. The number of amides is 2. The highest BCUT2D eigenvalue weighted by Gasteiger charge is 2.47. The van der Waals surface area contributed by atoms with Crippen molar-refractivity contribution < 1.29 is 27.1 Å². The zero-order valence-electron chi connectivity index (χ0n) is 20.3. The third-order valence-electron chi connectivity index (χ3n) is 7.16. The van der Waals surface area contributed by atoms with Gasteiger partial charge < -0.3 is 20.7 Å². The Balaban J connectivity index is 1.33. The number of hydrogen-bond donors (Lipinski definition) is 2. The Hall–Kier alpha value is -3.83. The number of nitrogen functional groups attached to an aromatic ring is 1. The number of ether oxygens (including phenoxy) is 1. The third-order valence-corrected chi connectivity index (χ3v) is 7.16. The number of benzene rings is 1. The molecule has 0 radical (unpaired) electrons. The van der Waals surface area contributed by atoms with E-state index in [2.05, 4.69) is 20.1 Å². The fourth-order valence-corrected chi connectivity index (χ4v) is 5.15. The molecule has 2 aliphatic rings. The summed E-state index contributed by atoms with van der Waals surface area (Å²) in [7, 11) is 0. The van der Waals surface area contributed by atoms with Crippen LogP contribution in [-0.4, -0.2) is 45.1 Å². The number of alkyl halides is 3. The molecule has 1 spiro atoms. The van der Waals surface area contributed by atoms with Crippen LogP contribution >= 0.6 is 0 Å². The Morgan fingerprint density at radius 3 is 2.54 bits per heavy atom. The number of nitrogens with one attached hydrogen (secondary N) is 1. The zero-order chi connectivity index (χ0) is 26.6. The Morgan fingerprint density at radius 1 is 1.14 bits per heavy atom. The number of anilines is 1. The van der Waals surface area contributed by atoms with Crippen LogP contribution in [0.15, 0.2) is 42.6 Å². The van der Waals surface area contributed by atoms with Crippen molar-refractivity contribution in [1.29, 1.82) is 0 Å². The minimum Gasteiger partial charge on any atom is -0.402 e. The second kappa shape index (κ2) is 8.63. The molecule has 37 heavy (non-hydrogen) atoms. The lowest BCUT2D eigenvalue weighted by molar-refractivity contribution is -0.274. The number of carbonyl (C=O) groups excluding carboxylic acids is 1. The molecule has 1 aromatic carbocycles. The fourth-order valence-electron chi connectivity index (χ4n) is 5.15. The average Bonchev–Trinajstić information content (AvgIpc) is 3.51. The van der Waals surface area contributed by atoms with E-state index in [1.54, 1.807) is 17.0 Å². The Bertz CT molecular complexity index is 1340. The minimum absolute atomic E-state index is 0.221. The van der Waals surface area contributed by atoms with Gasteiger partial charge in [0.2, 0.25) is 0 Å². The van der Waals surface area contributed by atoms with Gasteiger partial charge in [-0.2, -0.15) is 5.10 Å². The van der Waals surface area contributed by atoms with E-state index in [0.29, 0.717) is 30.9 Å². The highest BCUT2D eigenvalue weighted by Crippen LogP contribution is 2.44. The van der Waals surface area contributed by atoms with Crippen molar-refractivity contribution in [3.8, 4) is 17.0 Å². The molecule has 1 atom stereocenters. The summed E-state index contributed by atoms with van der Waals surface area (Å²) in [5, 5.41) is 7.61. The Kier molecular flexibility index (Phi) is 5.80. The van der Waals surface area contributed by atoms with E-state index in [4.69, 9.17) is 5.73 Å². The lowest BCUT2D eigenvalue weighted by Crippen LogP contribution is -2.48. The molecule has 5 rings (SSSR count). The van der Waals surface area contributed by atoms with E-state index in [9.17, 15) is 22.4 Å². The molecular weight excluding hydrogens is 492 g/mol. The van der Waals surface area contributed by atoms with Crippen LogP contribution in [0.4, 0.5) is 28.2 Å². The number of aromatic nitrogens is 3. The van der Waals surface area contributed by atoms with Gasteiger partial charge in [-0.1, -0.05) is 12.1 Å². The minimum atomic E-state index is -4.90. The summed E-state index contributed by atoms with van der Waals surface area (Å²) in [6.07, 6.45) is -2.02. The van der Waals surface area contributed by atoms with Gasteiger partial charge in [-0.15, -0.1) is 13.2 Å². The lowest BCUT2D eigenvalue weighted by Gasteiger charge is -2.30. The van der Waals surface area contributed by atoms with Gasteiger partial charge in [0.25, 0.3) is 0 Å². The van der Waals surface area contributed by atoms with E-state index < -0.39 is 17.7 Å². The first-order valence-electron chi connectivity index (χ1n) is 11.8. The van der Waals surface area contributed by atoms with Crippen LogP contribution in [0.2, 0.25) is 0 Å². The van der Waals surface area contributed by atoms with Gasteiger partial charge in [0, 0.05) is 42.5 Å². The largest absolute Gasteiger partial charge is 0.573 e. The first-order valence-corrected chi connectivity index (χ1v) is 11.8. The SMILES string of the molecule is CC(C)(NC(=O)N1CC[C@@]2(CCn3nc(-c4cnc(N)c(OC(F)(F)F)c4)cc32)C1)c1ccc(F)cc1. The first kappa shape index (κ1) is 24.8. The number of nitrogens with zero attached hydrogens (tertiary/aromatic N) is 4. The fraction of sp³-hybridized carbons (Fsp3) is 0.400. The van der Waals surface area contributed by atoms with Crippen molar-refractivity contribution in [3.05, 3.63) is 59.7 Å². The maximum absolute atomic E-state index is 13.3. The second-order valence-corrected chi connectivity index (χ2v) is 10.1. The number of pyridine rings is 1. The summed E-state index contributed by atoms with van der Waals surface area (Å²) in [6, 6.07) is 8.81. The van der Waals surface area contributed by atoms with E-state index in [-0.39, 0.29) is 23.1 Å². The van der Waals surface area contributed by atoms with Crippen LogP contribution in [0.25, 0.3) is 11.3 Å². The highest BCUT2D eigenvalue weighted by atomic mass is 19.4. The van der Waals surface area contributed by atoms with E-state index in [1.165, 1.54) is 24.4 Å². The summed E-state index contributed by atoms with van der Waals surface area (Å²) in [4.78, 5) is 18.7. The molecule has 0 unspecified atom stereocenters. The third kappa shape index (κ3) is 4.79. The van der Waals surface area contributed by atoms with Gasteiger partial charge in [0.1, 0.15) is 5.82 Å². The monoisotopic (exact) mass is 518 g/mol. The van der Waals surface area contributed by atoms with Crippen LogP contribution in [0.5, 0.6) is 5.75 Å². The number of urea groups is 1. The molecule has 4 heterocycles. The van der Waals surface area contributed by atoms with Crippen molar-refractivity contribution in [2.75, 3.05) is 18.8 Å². The van der Waals surface area contributed by atoms with Crippen LogP contribution in [-0.2, 0) is 17.5 Å². The Labute approximate surface area is 210 Å². The lowest BCUT2D eigenvalue weighted by atomic mass is 9.82. The van der Waals surface area contributed by atoms with Crippen molar-refractivity contribution in [3.63, 3.8) is 0 Å². The maximum atomic E-state index is 13.3. The molecular formula is C25H26F4N6O2. The first-order chi connectivity index (χ1) is 17.4. The van der Waals surface area contributed by atoms with E-state index >= 15 is 0 Å². The smallest absolute Gasteiger partial charge is 0.402 e.